The number of nitrogens with one attached hydrogen (secondary N) is 2. The van der Waals surface area contributed by atoms with Gasteiger partial charge in [0, 0.05) is 25.7 Å². The molecular weight excluding hydrogens is 429 g/mol. The predicted octanol–water partition coefficient (Wildman–Crippen LogP) is 3.58. The molecule has 0 saturated carbocycles. The first-order chi connectivity index (χ1) is 11.8. The minimum Gasteiger partial charge on any atom is -0.496 e. The maximum absolute atomic E-state index is 5.52. The van der Waals surface area contributed by atoms with Gasteiger partial charge in [0.1, 0.15) is 11.5 Å². The van der Waals surface area contributed by atoms with E-state index in [4.69, 9.17) is 9.47 Å². The van der Waals surface area contributed by atoms with Crippen LogP contribution in [0.1, 0.15) is 18.1 Å². The van der Waals surface area contributed by atoms with E-state index >= 15 is 0 Å². The van der Waals surface area contributed by atoms with Crippen LogP contribution in [0.4, 0.5) is 0 Å². The maximum Gasteiger partial charge on any atom is 0.191 e. The van der Waals surface area contributed by atoms with Crippen LogP contribution in [-0.2, 0) is 13.1 Å². The molecule has 0 amide bonds. The lowest BCUT2D eigenvalue weighted by Gasteiger charge is -2.14. The van der Waals surface area contributed by atoms with Gasteiger partial charge in [-0.2, -0.15) is 0 Å². The number of aliphatic imine (C=N–C) groups is 1. The third-order valence-electron chi connectivity index (χ3n) is 3.53. The summed E-state index contributed by atoms with van der Waals surface area (Å²) in [6.45, 7) is 3.96. The van der Waals surface area contributed by atoms with Crippen LogP contribution in [-0.4, -0.2) is 26.7 Å². The van der Waals surface area contributed by atoms with Crippen molar-refractivity contribution in [1.29, 1.82) is 0 Å². The number of para-hydroxylation sites is 1. The van der Waals surface area contributed by atoms with Crippen molar-refractivity contribution in [3.63, 3.8) is 0 Å². The normalized spacial score (nSPS) is 10.6. The van der Waals surface area contributed by atoms with Crippen molar-refractivity contribution in [3.8, 4) is 11.5 Å². The van der Waals surface area contributed by atoms with Crippen molar-refractivity contribution in [3.05, 3.63) is 59.7 Å². The predicted molar refractivity (Wildman–Crippen MR) is 113 cm³/mol. The minimum atomic E-state index is 0. The molecule has 0 bridgehead atoms. The van der Waals surface area contributed by atoms with Gasteiger partial charge in [-0.05, 0) is 30.7 Å². The highest BCUT2D eigenvalue weighted by molar-refractivity contribution is 14.0. The van der Waals surface area contributed by atoms with Gasteiger partial charge in [-0.3, -0.25) is 4.99 Å². The molecule has 25 heavy (non-hydrogen) atoms. The number of methoxy groups -OCH3 is 1. The topological polar surface area (TPSA) is 54.9 Å². The van der Waals surface area contributed by atoms with E-state index in [0.717, 1.165) is 28.6 Å². The van der Waals surface area contributed by atoms with Crippen molar-refractivity contribution >= 4 is 29.9 Å². The Morgan fingerprint density at radius 1 is 1.04 bits per heavy atom. The first kappa shape index (κ1) is 21.1. The summed E-state index contributed by atoms with van der Waals surface area (Å²) < 4.78 is 10.9. The molecule has 0 aliphatic rings. The van der Waals surface area contributed by atoms with Gasteiger partial charge >= 0.3 is 0 Å². The van der Waals surface area contributed by atoms with E-state index in [2.05, 4.69) is 21.7 Å². The number of hydrogen-bond donors (Lipinski definition) is 2. The molecule has 0 aliphatic heterocycles. The molecule has 0 atom stereocenters. The molecule has 0 saturated heterocycles. The highest BCUT2D eigenvalue weighted by Gasteiger charge is 2.04. The maximum atomic E-state index is 5.52. The van der Waals surface area contributed by atoms with E-state index < -0.39 is 0 Å². The van der Waals surface area contributed by atoms with Crippen LogP contribution in [0.25, 0.3) is 0 Å². The van der Waals surface area contributed by atoms with E-state index in [1.807, 2.05) is 49.4 Å². The standard InChI is InChI=1S/C19H25N3O2.HI/c1-4-24-17-10-7-8-15(12-17)13-21-19(20-2)22-14-16-9-5-6-11-18(16)23-3;/h5-12H,4,13-14H2,1-3H3,(H2,20,21,22);1H. The summed E-state index contributed by atoms with van der Waals surface area (Å²) in [6.07, 6.45) is 0. The third-order valence-corrected chi connectivity index (χ3v) is 3.53. The third kappa shape index (κ3) is 6.81. The molecule has 0 aliphatic carbocycles. The van der Waals surface area contributed by atoms with Gasteiger partial charge < -0.3 is 20.1 Å². The van der Waals surface area contributed by atoms with Crippen molar-refractivity contribution in [2.75, 3.05) is 20.8 Å². The van der Waals surface area contributed by atoms with Crippen LogP contribution >= 0.6 is 24.0 Å². The summed E-state index contributed by atoms with van der Waals surface area (Å²) in [4.78, 5) is 4.25. The Morgan fingerprint density at radius 3 is 2.52 bits per heavy atom. The Bertz CT molecular complexity index is 677. The zero-order valence-electron chi connectivity index (χ0n) is 14.9. The SMILES string of the molecule is CCOc1cccc(CNC(=NC)NCc2ccccc2OC)c1.I. The number of nitrogens with zero attached hydrogens (tertiary/aromatic N) is 1. The second kappa shape index (κ2) is 11.6. The molecule has 0 aromatic heterocycles. The summed E-state index contributed by atoms with van der Waals surface area (Å²) in [5.74, 6) is 2.49. The number of halogens is 1. The molecule has 2 N–H and O–H groups in total. The molecule has 2 aromatic carbocycles. The zero-order chi connectivity index (χ0) is 17.2. The fourth-order valence-electron chi connectivity index (χ4n) is 2.35. The number of benzene rings is 2. The fraction of sp³-hybridized carbons (Fsp3) is 0.316. The Kier molecular flexibility index (Phi) is 9.76. The number of hydrogen-bond acceptors (Lipinski definition) is 3. The fourth-order valence-corrected chi connectivity index (χ4v) is 2.35. The summed E-state index contributed by atoms with van der Waals surface area (Å²) in [6, 6.07) is 16.0. The van der Waals surface area contributed by atoms with Gasteiger partial charge in [0.05, 0.1) is 13.7 Å². The molecular formula is C19H26IN3O2. The van der Waals surface area contributed by atoms with Crippen molar-refractivity contribution < 1.29 is 9.47 Å². The Hall–Kier alpha value is -1.96. The monoisotopic (exact) mass is 455 g/mol. The Labute approximate surface area is 166 Å². The van der Waals surface area contributed by atoms with E-state index in [0.29, 0.717) is 19.7 Å². The molecule has 0 radical (unpaired) electrons. The summed E-state index contributed by atoms with van der Waals surface area (Å²) in [7, 11) is 3.44. The van der Waals surface area contributed by atoms with Gasteiger partial charge in [-0.25, -0.2) is 0 Å². The van der Waals surface area contributed by atoms with Gasteiger partial charge in [-0.15, -0.1) is 24.0 Å². The van der Waals surface area contributed by atoms with E-state index in [1.54, 1.807) is 14.2 Å². The van der Waals surface area contributed by atoms with E-state index in [9.17, 15) is 0 Å². The van der Waals surface area contributed by atoms with Gasteiger partial charge in [-0.1, -0.05) is 30.3 Å². The minimum absolute atomic E-state index is 0. The van der Waals surface area contributed by atoms with Crippen LogP contribution < -0.4 is 20.1 Å². The molecule has 0 fully saturated rings. The summed E-state index contributed by atoms with van der Waals surface area (Å²) >= 11 is 0. The molecule has 5 nitrogen and oxygen atoms in total. The van der Waals surface area contributed by atoms with Gasteiger partial charge in [0.25, 0.3) is 0 Å². The lowest BCUT2D eigenvalue weighted by atomic mass is 10.2. The van der Waals surface area contributed by atoms with E-state index in [-0.39, 0.29) is 24.0 Å². The first-order valence-corrected chi connectivity index (χ1v) is 8.05. The smallest absolute Gasteiger partial charge is 0.191 e. The molecule has 0 spiro atoms. The lowest BCUT2D eigenvalue weighted by Crippen LogP contribution is -2.36. The molecule has 2 rings (SSSR count). The van der Waals surface area contributed by atoms with Crippen molar-refractivity contribution in [2.45, 2.75) is 20.0 Å². The lowest BCUT2D eigenvalue weighted by molar-refractivity contribution is 0.340. The van der Waals surface area contributed by atoms with Gasteiger partial charge in [0.15, 0.2) is 5.96 Å². The second-order valence-electron chi connectivity index (χ2n) is 5.17. The van der Waals surface area contributed by atoms with Crippen LogP contribution in [0, 0.1) is 0 Å². The summed E-state index contributed by atoms with van der Waals surface area (Å²) in [5, 5.41) is 6.60. The highest BCUT2D eigenvalue weighted by atomic mass is 127. The molecule has 0 heterocycles. The number of ether oxygens (including phenoxy) is 2. The van der Waals surface area contributed by atoms with Crippen LogP contribution in [0.5, 0.6) is 11.5 Å². The molecule has 2 aromatic rings. The van der Waals surface area contributed by atoms with Crippen molar-refractivity contribution in [1.82, 2.24) is 10.6 Å². The molecule has 0 unspecified atom stereocenters. The largest absolute Gasteiger partial charge is 0.496 e. The van der Waals surface area contributed by atoms with Crippen LogP contribution in [0.3, 0.4) is 0 Å². The Balaban J connectivity index is 0.00000312. The van der Waals surface area contributed by atoms with Crippen LogP contribution in [0.2, 0.25) is 0 Å². The molecule has 136 valence electrons. The summed E-state index contributed by atoms with van der Waals surface area (Å²) in [5.41, 5.74) is 2.22. The second-order valence-corrected chi connectivity index (χ2v) is 5.17. The van der Waals surface area contributed by atoms with Crippen molar-refractivity contribution in [2.24, 2.45) is 4.99 Å². The van der Waals surface area contributed by atoms with Crippen LogP contribution in [0.15, 0.2) is 53.5 Å². The van der Waals surface area contributed by atoms with Gasteiger partial charge in [0.2, 0.25) is 0 Å². The highest BCUT2D eigenvalue weighted by Crippen LogP contribution is 2.16. The average molecular weight is 455 g/mol. The first-order valence-electron chi connectivity index (χ1n) is 8.05. The Morgan fingerprint density at radius 2 is 1.80 bits per heavy atom. The number of guanidine groups is 1. The molecule has 6 heteroatoms. The quantitative estimate of drug-likeness (QED) is 0.381. The number of rotatable bonds is 7. The zero-order valence-corrected chi connectivity index (χ0v) is 17.2. The average Bonchev–Trinajstić information content (AvgIpc) is 2.63. The van der Waals surface area contributed by atoms with E-state index in [1.165, 1.54) is 0 Å².